The highest BCUT2D eigenvalue weighted by molar-refractivity contribution is 5.94. The van der Waals surface area contributed by atoms with E-state index in [4.69, 9.17) is 33.1 Å². The number of nitrogens with two attached hydrogens (primary N) is 5. The number of nitrogens with one attached hydrogen (secondary N) is 4. The molecule has 0 saturated carbocycles. The minimum absolute atomic E-state index is 0.0508. The lowest BCUT2D eigenvalue weighted by Gasteiger charge is -2.27. The van der Waals surface area contributed by atoms with E-state index in [1.807, 2.05) is 35.8 Å². The van der Waals surface area contributed by atoms with Crippen molar-refractivity contribution in [3.63, 3.8) is 0 Å². The third kappa shape index (κ3) is 13.7. The number of benzene rings is 1. The number of aromatic nitrogens is 1. The Balaban J connectivity index is 2.29. The molecule has 14 N–H and O–H groups in total. The number of aliphatic imine (C=N–C) groups is 1. The molecule has 2 rings (SSSR count). The Morgan fingerprint density at radius 2 is 1.38 bits per heavy atom. The summed E-state index contributed by atoms with van der Waals surface area (Å²) >= 11 is 0. The number of hydrogen-bond donors (Lipinski definition) is 9. The average molecular weight is 701 g/mol. The highest BCUT2D eigenvalue weighted by atomic mass is 16.4. The quantitative estimate of drug-likeness (QED) is 0.0295. The van der Waals surface area contributed by atoms with Gasteiger partial charge in [0, 0.05) is 18.8 Å². The maximum Gasteiger partial charge on any atom is 0.375 e. The van der Waals surface area contributed by atoms with E-state index in [0.717, 1.165) is 11.1 Å². The van der Waals surface area contributed by atoms with Crippen molar-refractivity contribution in [3.05, 3.63) is 36.4 Å². The molecule has 278 valence electrons. The molecule has 4 atom stereocenters. The molecule has 4 amide bonds. The maximum atomic E-state index is 13.8. The number of fused-ring (bicyclic) bond motifs is 1. The van der Waals surface area contributed by atoms with Gasteiger partial charge in [0.1, 0.15) is 30.7 Å². The molecule has 0 fully saturated rings. The molecule has 0 aliphatic carbocycles. The van der Waals surface area contributed by atoms with Gasteiger partial charge in [0.05, 0.1) is 6.08 Å². The minimum atomic E-state index is -0.978. The van der Waals surface area contributed by atoms with Crippen LogP contribution in [0.5, 0.6) is 0 Å². The summed E-state index contributed by atoms with van der Waals surface area (Å²) in [6.07, 6.45) is 7.13. The number of carbonyl (C=O) groups is 4. The first-order valence-corrected chi connectivity index (χ1v) is 17.4. The number of amides is 4. The lowest BCUT2D eigenvalue weighted by atomic mass is 10.0. The van der Waals surface area contributed by atoms with Crippen molar-refractivity contribution in [2.24, 2.45) is 39.6 Å². The van der Waals surface area contributed by atoms with Crippen LogP contribution < -0.4 is 54.5 Å². The molecule has 16 heteroatoms. The Hall–Kier alpha value is -4.70. The van der Waals surface area contributed by atoms with Crippen molar-refractivity contribution in [3.8, 4) is 0 Å². The summed E-state index contributed by atoms with van der Waals surface area (Å²) in [4.78, 5) is 56.8. The van der Waals surface area contributed by atoms with E-state index in [2.05, 4.69) is 26.3 Å². The molecule has 2 aromatic rings. The molecule has 0 saturated heterocycles. The van der Waals surface area contributed by atoms with Gasteiger partial charge in [-0.1, -0.05) is 26.0 Å². The number of nitrogens with zero attached hydrogens (tertiary/aromatic N) is 2. The largest absolute Gasteiger partial charge is 0.398 e. The number of aryl methyl sites for hydroxylation is 1. The molecular formula is C34H58N11O5+. The van der Waals surface area contributed by atoms with Gasteiger partial charge in [-0.15, -0.1) is 0 Å². The van der Waals surface area contributed by atoms with Crippen molar-refractivity contribution < 1.29 is 28.2 Å². The predicted molar refractivity (Wildman–Crippen MR) is 194 cm³/mol. The Kier molecular flexibility index (Phi) is 18.3. The Labute approximate surface area is 294 Å². The third-order valence-corrected chi connectivity index (χ3v) is 8.17. The molecule has 0 unspecified atom stereocenters. The van der Waals surface area contributed by atoms with E-state index < -0.39 is 47.8 Å². The number of unbranched alkanes of at least 4 members (excludes halogenated alkanes) is 2. The SMILES string of the molecule is CC[n+]1c(C=CN[C@@H](CCCN=C(N)N)C(=O)N[C@@H](CCCCN)C(=O)N[C@@H](CCCCN)C(=O)N[C@H](C(N)=O)C(C)C)oc2ccccc21. The summed E-state index contributed by atoms with van der Waals surface area (Å²) in [6.45, 7) is 7.33. The number of hydrogen-bond acceptors (Lipinski definition) is 9. The topological polar surface area (TPSA) is 276 Å². The summed E-state index contributed by atoms with van der Waals surface area (Å²) in [5, 5.41) is 11.5. The number of oxazole rings is 1. The van der Waals surface area contributed by atoms with Crippen LogP contribution >= 0.6 is 0 Å². The second kappa shape index (κ2) is 22.1. The van der Waals surface area contributed by atoms with Crippen LogP contribution in [-0.4, -0.2) is 73.4 Å². The first-order chi connectivity index (χ1) is 23.9. The van der Waals surface area contributed by atoms with Crippen molar-refractivity contribution in [2.75, 3.05) is 19.6 Å². The first kappa shape index (κ1) is 41.5. The van der Waals surface area contributed by atoms with E-state index in [9.17, 15) is 19.2 Å². The van der Waals surface area contributed by atoms with Gasteiger partial charge >= 0.3 is 5.89 Å². The number of guanidine groups is 1. The van der Waals surface area contributed by atoms with E-state index in [0.29, 0.717) is 70.6 Å². The van der Waals surface area contributed by atoms with Crippen LogP contribution in [0, 0.1) is 5.92 Å². The van der Waals surface area contributed by atoms with Crippen molar-refractivity contribution >= 4 is 46.8 Å². The molecule has 0 aliphatic heterocycles. The van der Waals surface area contributed by atoms with Gasteiger partial charge in [-0.25, -0.2) is 0 Å². The Morgan fingerprint density at radius 3 is 1.92 bits per heavy atom. The first-order valence-electron chi connectivity index (χ1n) is 17.4. The lowest BCUT2D eigenvalue weighted by molar-refractivity contribution is -0.674. The Morgan fingerprint density at radius 1 is 0.820 bits per heavy atom. The molecule has 50 heavy (non-hydrogen) atoms. The Bertz CT molecular complexity index is 1440. The van der Waals surface area contributed by atoms with Gasteiger partial charge in [0.2, 0.25) is 29.2 Å². The summed E-state index contributed by atoms with van der Waals surface area (Å²) in [6, 6.07) is 4.05. The number of rotatable bonds is 24. The zero-order chi connectivity index (χ0) is 37.1. The summed E-state index contributed by atoms with van der Waals surface area (Å²) in [7, 11) is 0. The fourth-order valence-electron chi connectivity index (χ4n) is 5.42. The van der Waals surface area contributed by atoms with Crippen molar-refractivity contribution in [2.45, 2.75) is 103 Å². The second-order valence-corrected chi connectivity index (χ2v) is 12.5. The highest BCUT2D eigenvalue weighted by Gasteiger charge is 2.31. The molecular weight excluding hydrogens is 642 g/mol. The molecule has 1 aromatic carbocycles. The molecule has 1 heterocycles. The van der Waals surface area contributed by atoms with Crippen LogP contribution in [-0.2, 0) is 25.7 Å². The standard InChI is InChI=1S/C34H57N11O5/c1-4-45-26-15-5-6-16-27(26)50-28(45)17-21-40-23(14-11-20-41-34(38)39)31(47)42-24(12-7-9-18-35)32(48)43-25(13-8-10-19-36)33(49)44-29(22(2)3)30(37)46/h5-6,15-17,21-25,29H,4,7-14,18-20,35-36H2,1-3H3,(H9,37,38,39,41,42,43,44,46,47,48,49)/p+1/t23-,24-,25-,29-/m0/s1. The molecule has 0 bridgehead atoms. The van der Waals surface area contributed by atoms with Crippen molar-refractivity contribution in [1.82, 2.24) is 21.3 Å². The summed E-state index contributed by atoms with van der Waals surface area (Å²) < 4.78 is 8.02. The normalized spacial score (nSPS) is 13.8. The maximum absolute atomic E-state index is 13.8. The zero-order valence-corrected chi connectivity index (χ0v) is 29.7. The van der Waals surface area contributed by atoms with Crippen LogP contribution in [0.3, 0.4) is 0 Å². The van der Waals surface area contributed by atoms with Crippen LogP contribution in [0.25, 0.3) is 17.2 Å². The van der Waals surface area contributed by atoms with E-state index in [-0.39, 0.29) is 24.7 Å². The summed E-state index contributed by atoms with van der Waals surface area (Å²) in [5.41, 5.74) is 29.5. The van der Waals surface area contributed by atoms with Gasteiger partial charge in [-0.3, -0.25) is 24.2 Å². The van der Waals surface area contributed by atoms with Crippen molar-refractivity contribution in [1.29, 1.82) is 0 Å². The van der Waals surface area contributed by atoms with E-state index in [1.165, 1.54) is 0 Å². The van der Waals surface area contributed by atoms with E-state index >= 15 is 0 Å². The third-order valence-electron chi connectivity index (χ3n) is 8.17. The van der Waals surface area contributed by atoms with E-state index in [1.54, 1.807) is 26.1 Å². The second-order valence-electron chi connectivity index (χ2n) is 12.5. The smallest absolute Gasteiger partial charge is 0.375 e. The fraction of sp³-hybridized carbons (Fsp3) is 0.588. The van der Waals surface area contributed by atoms with Crippen LogP contribution in [0.15, 0.2) is 39.9 Å². The fourth-order valence-corrected chi connectivity index (χ4v) is 5.42. The number of para-hydroxylation sites is 2. The average Bonchev–Trinajstić information content (AvgIpc) is 3.44. The van der Waals surface area contributed by atoms with Crippen LogP contribution in [0.1, 0.15) is 78.0 Å². The molecule has 16 nitrogen and oxygen atoms in total. The molecule has 0 aliphatic rings. The monoisotopic (exact) mass is 700 g/mol. The molecule has 0 spiro atoms. The number of carbonyl (C=O) groups excluding carboxylic acids is 4. The molecule has 1 aromatic heterocycles. The lowest BCUT2D eigenvalue weighted by Crippen LogP contribution is -2.58. The van der Waals surface area contributed by atoms with Gasteiger partial charge in [-0.2, -0.15) is 4.57 Å². The van der Waals surface area contributed by atoms with Gasteiger partial charge in [0.15, 0.2) is 5.96 Å². The highest BCUT2D eigenvalue weighted by Crippen LogP contribution is 2.14. The predicted octanol–water partition coefficient (Wildman–Crippen LogP) is -0.424. The molecule has 0 radical (unpaired) electrons. The van der Waals surface area contributed by atoms with Crippen LogP contribution in [0.2, 0.25) is 0 Å². The summed E-state index contributed by atoms with van der Waals surface area (Å²) in [5.74, 6) is -1.91. The van der Waals surface area contributed by atoms with Crippen LogP contribution in [0.4, 0.5) is 0 Å². The minimum Gasteiger partial charge on any atom is -0.398 e. The van der Waals surface area contributed by atoms with Gasteiger partial charge in [-0.05, 0) is 83.4 Å². The number of primary amides is 1. The van der Waals surface area contributed by atoms with Gasteiger partial charge in [0.25, 0.3) is 5.52 Å². The zero-order valence-electron chi connectivity index (χ0n) is 29.7. The van der Waals surface area contributed by atoms with Gasteiger partial charge < -0.3 is 54.4 Å².